The van der Waals surface area contributed by atoms with E-state index in [1.165, 1.54) is 35.5 Å². The average Bonchev–Trinajstić information content (AvgIpc) is 3.84. The molecule has 1 unspecified atom stereocenters. The highest BCUT2D eigenvalue weighted by Crippen LogP contribution is 2.55. The Kier molecular flexibility index (Phi) is 10.8. The molecule has 0 spiro atoms. The van der Waals surface area contributed by atoms with Gasteiger partial charge in [-0.25, -0.2) is 4.39 Å². The quantitative estimate of drug-likeness (QED) is 0.102. The zero-order valence-corrected chi connectivity index (χ0v) is 29.0. The minimum Gasteiger partial charge on any atom is -0.494 e. The van der Waals surface area contributed by atoms with Crippen LogP contribution >= 0.6 is 22.7 Å². The largest absolute Gasteiger partial charge is 0.494 e. The lowest BCUT2D eigenvalue weighted by molar-refractivity contribution is 0.233. The molecule has 0 N–H and O–H groups in total. The summed E-state index contributed by atoms with van der Waals surface area (Å²) in [5.74, 6) is 2.08. The molecule has 1 atom stereocenters. The van der Waals surface area contributed by atoms with Gasteiger partial charge in [0.25, 0.3) is 0 Å². The fraction of sp³-hybridized carbons (Fsp3) is 0.316. The third kappa shape index (κ3) is 7.35. The van der Waals surface area contributed by atoms with E-state index in [1.54, 1.807) is 28.7 Å². The van der Waals surface area contributed by atoms with E-state index >= 15 is 4.39 Å². The van der Waals surface area contributed by atoms with Crippen molar-refractivity contribution >= 4 is 45.4 Å². The van der Waals surface area contributed by atoms with Crippen LogP contribution in [0.2, 0.25) is 0 Å². The first-order valence-corrected chi connectivity index (χ1v) is 18.6. The molecule has 1 aliphatic heterocycles. The minimum atomic E-state index is -0.270. The van der Waals surface area contributed by atoms with Crippen molar-refractivity contribution in [3.05, 3.63) is 84.7 Å². The van der Waals surface area contributed by atoms with Crippen LogP contribution in [0.4, 0.5) is 15.8 Å². The molecule has 0 bridgehead atoms. The predicted octanol–water partition coefficient (Wildman–Crippen LogP) is 13.1. The maximum Gasteiger partial charge on any atom is 0.132 e. The SMILES string of the molecule is CCCCOc1ccc(-c2ccc(-c3sc(-c4ccc(-c5ccc(OCC(CC)CCCC)cc5)s4)c4c3N=S=N4)c(F)c2)cc1. The molecular weight excluding hydrogens is 632 g/mol. The monoisotopic (exact) mass is 670 g/mol. The van der Waals surface area contributed by atoms with Crippen molar-refractivity contribution in [3.8, 4) is 53.3 Å². The maximum atomic E-state index is 15.7. The Hall–Kier alpha value is -3.59. The lowest BCUT2D eigenvalue weighted by Gasteiger charge is -2.15. The second-order valence-corrected chi connectivity index (χ2v) is 14.2. The molecule has 6 rings (SSSR count). The van der Waals surface area contributed by atoms with Gasteiger partial charge in [0, 0.05) is 15.3 Å². The van der Waals surface area contributed by atoms with Crippen LogP contribution in [0.25, 0.3) is 41.8 Å². The molecule has 3 aromatic carbocycles. The highest BCUT2D eigenvalue weighted by atomic mass is 32.1. The van der Waals surface area contributed by atoms with Crippen LogP contribution in [-0.4, -0.2) is 13.2 Å². The number of rotatable bonds is 15. The molecular formula is C38H39FN2O2S3. The van der Waals surface area contributed by atoms with Crippen molar-refractivity contribution in [2.75, 3.05) is 13.2 Å². The number of thiophene rings is 2. The lowest BCUT2D eigenvalue weighted by atomic mass is 10.0. The Morgan fingerprint density at radius 2 is 1.33 bits per heavy atom. The van der Waals surface area contributed by atoms with Gasteiger partial charge in [0.15, 0.2) is 0 Å². The molecule has 0 saturated heterocycles. The number of hydrogen-bond acceptors (Lipinski definition) is 6. The highest BCUT2D eigenvalue weighted by Gasteiger charge is 2.25. The van der Waals surface area contributed by atoms with E-state index in [0.717, 1.165) is 80.1 Å². The first kappa shape index (κ1) is 32.4. The molecule has 1 aliphatic rings. The van der Waals surface area contributed by atoms with Crippen LogP contribution in [0.5, 0.6) is 11.5 Å². The fourth-order valence-electron chi connectivity index (χ4n) is 5.43. The second-order valence-electron chi connectivity index (χ2n) is 11.6. The number of fused-ring (bicyclic) bond motifs is 1. The average molecular weight is 671 g/mol. The van der Waals surface area contributed by atoms with E-state index in [4.69, 9.17) is 9.47 Å². The molecule has 0 radical (unpaired) electrons. The van der Waals surface area contributed by atoms with E-state index in [9.17, 15) is 0 Å². The van der Waals surface area contributed by atoms with Crippen molar-refractivity contribution in [2.45, 2.75) is 59.3 Å². The summed E-state index contributed by atoms with van der Waals surface area (Å²) in [6.45, 7) is 8.09. The van der Waals surface area contributed by atoms with E-state index in [-0.39, 0.29) is 5.82 Å². The summed E-state index contributed by atoms with van der Waals surface area (Å²) in [5, 5.41) is 0. The van der Waals surface area contributed by atoms with E-state index < -0.39 is 0 Å². The normalized spacial score (nSPS) is 12.6. The zero-order valence-electron chi connectivity index (χ0n) is 26.6. The van der Waals surface area contributed by atoms with Crippen molar-refractivity contribution in [1.82, 2.24) is 0 Å². The number of halogens is 1. The molecule has 238 valence electrons. The molecule has 8 heteroatoms. The number of unbranched alkanes of at least 4 members (excludes halogenated alkanes) is 2. The van der Waals surface area contributed by atoms with Gasteiger partial charge in [0.05, 0.1) is 34.3 Å². The first-order valence-electron chi connectivity index (χ1n) is 16.2. The van der Waals surface area contributed by atoms with Crippen molar-refractivity contribution < 1.29 is 13.9 Å². The molecule has 0 amide bonds. The van der Waals surface area contributed by atoms with Gasteiger partial charge in [-0.05, 0) is 96.1 Å². The van der Waals surface area contributed by atoms with Crippen molar-refractivity contribution in [2.24, 2.45) is 14.6 Å². The van der Waals surface area contributed by atoms with Gasteiger partial charge in [-0.15, -0.1) is 22.7 Å². The van der Waals surface area contributed by atoms with Crippen LogP contribution in [0.1, 0.15) is 59.3 Å². The summed E-state index contributed by atoms with van der Waals surface area (Å²) in [4.78, 5) is 4.10. The van der Waals surface area contributed by atoms with E-state index in [0.29, 0.717) is 18.1 Å². The summed E-state index contributed by atoms with van der Waals surface area (Å²) in [7, 11) is 0. The third-order valence-electron chi connectivity index (χ3n) is 8.29. The van der Waals surface area contributed by atoms with Crippen molar-refractivity contribution in [3.63, 3.8) is 0 Å². The smallest absolute Gasteiger partial charge is 0.132 e. The highest BCUT2D eigenvalue weighted by molar-refractivity contribution is 7.58. The summed E-state index contributed by atoms with van der Waals surface area (Å²) in [6.07, 6.45) is 6.96. The Bertz CT molecular complexity index is 1840. The zero-order chi connectivity index (χ0) is 31.9. The summed E-state index contributed by atoms with van der Waals surface area (Å²) < 4.78 is 36.8. The van der Waals surface area contributed by atoms with Gasteiger partial charge in [-0.2, -0.15) is 8.73 Å². The standard InChI is InChI=1S/C38H39FN2O2S3/c1-4-7-9-25(6-3)24-43-30-17-12-27(13-18-30)33-20-21-34(44-33)38-36-35(40-46-41-36)37(45-38)31-19-14-28(23-32(31)39)26-10-15-29(16-11-26)42-22-8-5-2/h10-21,23,25H,4-9,22,24H2,1-3H3. The van der Waals surface area contributed by atoms with Gasteiger partial charge in [0.2, 0.25) is 0 Å². The number of benzene rings is 3. The Morgan fingerprint density at radius 3 is 2.02 bits per heavy atom. The fourth-order valence-corrected chi connectivity index (χ4v) is 8.44. The van der Waals surface area contributed by atoms with Crippen LogP contribution < -0.4 is 9.47 Å². The van der Waals surface area contributed by atoms with Crippen LogP contribution in [-0.2, 0) is 11.4 Å². The Balaban J connectivity index is 1.18. The topological polar surface area (TPSA) is 43.2 Å². The van der Waals surface area contributed by atoms with Crippen LogP contribution in [0.15, 0.2) is 87.6 Å². The van der Waals surface area contributed by atoms with Crippen LogP contribution in [0, 0.1) is 11.7 Å². The Morgan fingerprint density at radius 1 is 0.674 bits per heavy atom. The molecule has 0 aliphatic carbocycles. The number of ether oxygens (including phenoxy) is 2. The second kappa shape index (κ2) is 15.3. The first-order chi connectivity index (χ1) is 22.6. The summed E-state index contributed by atoms with van der Waals surface area (Å²) >= 11 is 4.44. The van der Waals surface area contributed by atoms with Gasteiger partial charge in [0.1, 0.15) is 28.7 Å². The van der Waals surface area contributed by atoms with Gasteiger partial charge < -0.3 is 9.47 Å². The number of hydrogen-bond donors (Lipinski definition) is 0. The van der Waals surface area contributed by atoms with Gasteiger partial charge in [-0.1, -0.05) is 64.7 Å². The molecule has 46 heavy (non-hydrogen) atoms. The molecule has 0 fully saturated rings. The maximum absolute atomic E-state index is 15.7. The number of nitrogens with zero attached hydrogens (tertiary/aromatic N) is 2. The predicted molar refractivity (Wildman–Crippen MR) is 195 cm³/mol. The van der Waals surface area contributed by atoms with E-state index in [1.807, 2.05) is 36.4 Å². The van der Waals surface area contributed by atoms with E-state index in [2.05, 4.69) is 65.9 Å². The lowest BCUT2D eigenvalue weighted by Crippen LogP contribution is -2.11. The molecule has 3 heterocycles. The minimum absolute atomic E-state index is 0.270. The molecule has 5 aromatic rings. The van der Waals surface area contributed by atoms with Gasteiger partial charge in [-0.3, -0.25) is 0 Å². The Labute approximate surface area is 283 Å². The summed E-state index contributed by atoms with van der Waals surface area (Å²) in [5.41, 5.74) is 5.05. The third-order valence-corrected chi connectivity index (χ3v) is 11.3. The molecule has 4 nitrogen and oxygen atoms in total. The van der Waals surface area contributed by atoms with Gasteiger partial charge >= 0.3 is 0 Å². The molecule has 2 aromatic heterocycles. The van der Waals surface area contributed by atoms with Crippen molar-refractivity contribution in [1.29, 1.82) is 0 Å². The molecule has 0 saturated carbocycles. The summed E-state index contributed by atoms with van der Waals surface area (Å²) in [6, 6.07) is 26.0. The van der Waals surface area contributed by atoms with Crippen LogP contribution in [0.3, 0.4) is 0 Å².